The van der Waals surface area contributed by atoms with Crippen molar-refractivity contribution >= 4 is 0 Å². The maximum Gasteiger partial charge on any atom is 0.159 e. The minimum Gasteiger partial charge on any atom is -0.302 e. The summed E-state index contributed by atoms with van der Waals surface area (Å²) in [6.45, 7) is 10.3. The van der Waals surface area contributed by atoms with E-state index in [1.54, 1.807) is 0 Å². The van der Waals surface area contributed by atoms with Gasteiger partial charge in [-0.3, -0.25) is 4.98 Å². The lowest BCUT2D eigenvalue weighted by Crippen LogP contribution is -2.37. The number of hydrogen-bond acceptors (Lipinski definition) is 4. The molecule has 4 nitrogen and oxygen atoms in total. The summed E-state index contributed by atoms with van der Waals surface area (Å²) in [5.74, 6) is 1.96. The Bertz CT molecular complexity index is 970. The van der Waals surface area contributed by atoms with Crippen molar-refractivity contribution in [1.29, 1.82) is 0 Å². The highest BCUT2D eigenvalue weighted by Crippen LogP contribution is 2.35. The lowest BCUT2D eigenvalue weighted by molar-refractivity contribution is 0.180. The van der Waals surface area contributed by atoms with Gasteiger partial charge in [-0.25, -0.2) is 9.97 Å². The molecule has 2 aromatic heterocycles. The third-order valence-electron chi connectivity index (χ3n) is 6.35. The molecule has 156 valence electrons. The Morgan fingerprint density at radius 2 is 1.90 bits per heavy atom. The van der Waals surface area contributed by atoms with Gasteiger partial charge in [-0.05, 0) is 55.5 Å². The van der Waals surface area contributed by atoms with Gasteiger partial charge in [0.25, 0.3) is 0 Å². The zero-order valence-electron chi connectivity index (χ0n) is 18.4. The van der Waals surface area contributed by atoms with E-state index in [1.807, 2.05) is 30.7 Å². The van der Waals surface area contributed by atoms with Crippen LogP contribution in [-0.2, 0) is 0 Å². The Morgan fingerprint density at radius 1 is 1.10 bits per heavy atom. The average molecular weight is 401 g/mol. The molecule has 0 spiro atoms. The number of rotatable bonds is 6. The second-order valence-corrected chi connectivity index (χ2v) is 8.66. The molecule has 0 unspecified atom stereocenters. The molecule has 3 heterocycles. The SMILES string of the molecule is CC[C@@H](C)CN1CCC[C@H](c2nc(-c3ccncc3)ncc2-c2ccccc2C)C1. The quantitative estimate of drug-likeness (QED) is 0.529. The molecule has 3 aromatic rings. The van der Waals surface area contributed by atoms with E-state index in [9.17, 15) is 0 Å². The van der Waals surface area contributed by atoms with Gasteiger partial charge in [0.15, 0.2) is 5.82 Å². The van der Waals surface area contributed by atoms with E-state index in [0.29, 0.717) is 5.92 Å². The molecule has 1 aliphatic heterocycles. The van der Waals surface area contributed by atoms with Crippen LogP contribution in [0.2, 0.25) is 0 Å². The smallest absolute Gasteiger partial charge is 0.159 e. The van der Waals surface area contributed by atoms with Gasteiger partial charge in [0.2, 0.25) is 0 Å². The number of aromatic nitrogens is 3. The van der Waals surface area contributed by atoms with Crippen LogP contribution in [0.1, 0.15) is 50.3 Å². The molecule has 30 heavy (non-hydrogen) atoms. The van der Waals surface area contributed by atoms with Gasteiger partial charge >= 0.3 is 0 Å². The van der Waals surface area contributed by atoms with Crippen LogP contribution in [-0.4, -0.2) is 39.5 Å². The summed E-state index contributed by atoms with van der Waals surface area (Å²) < 4.78 is 0. The van der Waals surface area contributed by atoms with E-state index < -0.39 is 0 Å². The van der Waals surface area contributed by atoms with Crippen LogP contribution in [0.25, 0.3) is 22.5 Å². The third-order valence-corrected chi connectivity index (χ3v) is 6.35. The van der Waals surface area contributed by atoms with Gasteiger partial charge in [0, 0.05) is 48.7 Å². The molecular formula is C26H32N4. The van der Waals surface area contributed by atoms with E-state index in [1.165, 1.54) is 54.7 Å². The molecule has 1 aliphatic rings. The van der Waals surface area contributed by atoms with Crippen LogP contribution >= 0.6 is 0 Å². The first-order valence-electron chi connectivity index (χ1n) is 11.2. The fraction of sp³-hybridized carbons (Fsp3) is 0.423. The van der Waals surface area contributed by atoms with Crippen LogP contribution < -0.4 is 0 Å². The second kappa shape index (κ2) is 9.48. The van der Waals surface area contributed by atoms with Gasteiger partial charge in [0.1, 0.15) is 0 Å². The molecular weight excluding hydrogens is 368 g/mol. The lowest BCUT2D eigenvalue weighted by Gasteiger charge is -2.34. The summed E-state index contributed by atoms with van der Waals surface area (Å²) in [5.41, 5.74) is 5.91. The molecule has 0 amide bonds. The van der Waals surface area contributed by atoms with E-state index >= 15 is 0 Å². The number of benzene rings is 1. The van der Waals surface area contributed by atoms with E-state index in [0.717, 1.165) is 23.9 Å². The zero-order valence-corrected chi connectivity index (χ0v) is 18.4. The number of aryl methyl sites for hydroxylation is 1. The van der Waals surface area contributed by atoms with Crippen LogP contribution in [0.15, 0.2) is 55.0 Å². The minimum atomic E-state index is 0.431. The number of hydrogen-bond donors (Lipinski definition) is 0. The molecule has 1 saturated heterocycles. The molecule has 2 atom stereocenters. The molecule has 0 radical (unpaired) electrons. The summed E-state index contributed by atoms with van der Waals surface area (Å²) in [5, 5.41) is 0. The van der Waals surface area contributed by atoms with Crippen molar-refractivity contribution in [3.8, 4) is 22.5 Å². The minimum absolute atomic E-state index is 0.431. The normalized spacial score (nSPS) is 18.3. The van der Waals surface area contributed by atoms with Crippen molar-refractivity contribution in [3.05, 3.63) is 66.2 Å². The highest BCUT2D eigenvalue weighted by molar-refractivity contribution is 5.70. The van der Waals surface area contributed by atoms with Crippen molar-refractivity contribution in [2.75, 3.05) is 19.6 Å². The molecule has 0 bridgehead atoms. The molecule has 4 rings (SSSR count). The second-order valence-electron chi connectivity index (χ2n) is 8.66. The Kier molecular flexibility index (Phi) is 6.53. The fourth-order valence-electron chi connectivity index (χ4n) is 4.44. The lowest BCUT2D eigenvalue weighted by atomic mass is 9.88. The highest BCUT2D eigenvalue weighted by Gasteiger charge is 2.26. The molecule has 4 heteroatoms. The van der Waals surface area contributed by atoms with Gasteiger partial charge in [-0.1, -0.05) is 44.5 Å². The summed E-state index contributed by atoms with van der Waals surface area (Å²) in [6.07, 6.45) is 9.29. The number of nitrogens with zero attached hydrogens (tertiary/aromatic N) is 4. The van der Waals surface area contributed by atoms with Gasteiger partial charge in [0.05, 0.1) is 5.69 Å². The van der Waals surface area contributed by atoms with E-state index in [4.69, 9.17) is 9.97 Å². The van der Waals surface area contributed by atoms with Crippen LogP contribution in [0.4, 0.5) is 0 Å². The van der Waals surface area contributed by atoms with Crippen molar-refractivity contribution in [3.63, 3.8) is 0 Å². The summed E-state index contributed by atoms with van der Waals surface area (Å²) in [6, 6.07) is 12.6. The van der Waals surface area contributed by atoms with Crippen LogP contribution in [0, 0.1) is 12.8 Å². The highest BCUT2D eigenvalue weighted by atomic mass is 15.1. The molecule has 1 fully saturated rings. The maximum atomic E-state index is 5.15. The van der Waals surface area contributed by atoms with Crippen molar-refractivity contribution in [2.24, 2.45) is 5.92 Å². The van der Waals surface area contributed by atoms with Gasteiger partial charge in [-0.2, -0.15) is 0 Å². The van der Waals surface area contributed by atoms with Crippen molar-refractivity contribution in [2.45, 2.75) is 46.0 Å². The topological polar surface area (TPSA) is 41.9 Å². The molecule has 0 aliphatic carbocycles. The number of piperidine rings is 1. The standard InChI is InChI=1S/C26H32N4/c1-4-19(2)17-30-15-7-9-22(18-30)25-24(23-10-6-5-8-20(23)3)16-28-26(29-25)21-11-13-27-14-12-21/h5-6,8,10-14,16,19,22H,4,7,9,15,17-18H2,1-3H3/t19-,22+/m1/s1. The van der Waals surface area contributed by atoms with E-state index in [2.05, 4.69) is 54.9 Å². The molecule has 0 saturated carbocycles. The number of pyridine rings is 1. The van der Waals surface area contributed by atoms with Crippen LogP contribution in [0.5, 0.6) is 0 Å². The van der Waals surface area contributed by atoms with Crippen molar-refractivity contribution < 1.29 is 0 Å². The summed E-state index contributed by atoms with van der Waals surface area (Å²) in [7, 11) is 0. The summed E-state index contributed by atoms with van der Waals surface area (Å²) in [4.78, 5) is 16.7. The first kappa shape index (κ1) is 20.7. The Hall–Kier alpha value is -2.59. The largest absolute Gasteiger partial charge is 0.302 e. The average Bonchev–Trinajstić information content (AvgIpc) is 2.80. The van der Waals surface area contributed by atoms with E-state index in [-0.39, 0.29) is 0 Å². The predicted molar refractivity (Wildman–Crippen MR) is 123 cm³/mol. The molecule has 0 N–H and O–H groups in total. The zero-order chi connectivity index (χ0) is 20.9. The first-order valence-corrected chi connectivity index (χ1v) is 11.2. The Morgan fingerprint density at radius 3 is 2.67 bits per heavy atom. The van der Waals surface area contributed by atoms with Gasteiger partial charge < -0.3 is 4.90 Å². The van der Waals surface area contributed by atoms with Gasteiger partial charge in [-0.15, -0.1) is 0 Å². The third kappa shape index (κ3) is 4.59. The Labute approximate surface area is 180 Å². The monoisotopic (exact) mass is 400 g/mol. The van der Waals surface area contributed by atoms with Crippen molar-refractivity contribution in [1.82, 2.24) is 19.9 Å². The predicted octanol–water partition coefficient (Wildman–Crippen LogP) is 5.74. The van der Waals surface area contributed by atoms with Crippen LogP contribution in [0.3, 0.4) is 0 Å². The summed E-state index contributed by atoms with van der Waals surface area (Å²) >= 11 is 0. The number of likely N-dealkylation sites (tertiary alicyclic amines) is 1. The maximum absolute atomic E-state index is 5.15. The fourth-order valence-corrected chi connectivity index (χ4v) is 4.44. The first-order chi connectivity index (χ1) is 14.7. The molecule has 1 aromatic carbocycles. The Balaban J connectivity index is 1.74.